The van der Waals surface area contributed by atoms with Crippen LogP contribution in [0.3, 0.4) is 0 Å². The van der Waals surface area contributed by atoms with Crippen LogP contribution in [-0.4, -0.2) is 142 Å². The minimum Gasteiger partial charge on any atom is -0.335 e. The molecule has 698 valence electrons. The molecule has 28 heteroatoms. The highest BCUT2D eigenvalue weighted by Crippen LogP contribution is 2.61. The van der Waals surface area contributed by atoms with Gasteiger partial charge in [0.05, 0.1) is 50.9 Å². The molecule has 8 saturated heterocycles. The molecule has 12 amide bonds. The van der Waals surface area contributed by atoms with Gasteiger partial charge in [0.15, 0.2) is 0 Å². The maximum Gasteiger partial charge on any atom is 0.417 e. The monoisotopic (exact) mass is 1820 g/mol. The van der Waals surface area contributed by atoms with Crippen molar-refractivity contribution in [3.05, 3.63) is 307 Å². The molecule has 22 nitrogen and oxygen atoms in total. The number of hydrogen-bond acceptors (Lipinski definition) is 10. The number of likely N-dealkylation sites (tertiary alicyclic amines) is 4. The van der Waals surface area contributed by atoms with Gasteiger partial charge in [0.25, 0.3) is 0 Å². The Balaban J connectivity index is 0.000000130. The van der Waals surface area contributed by atoms with Crippen LogP contribution in [0.4, 0.5) is 85.6 Å². The predicted molar refractivity (Wildman–Crippen MR) is 505 cm³/mol. The van der Waals surface area contributed by atoms with Gasteiger partial charge in [-0.1, -0.05) is 205 Å². The Hall–Kier alpha value is -13.4. The minimum atomic E-state index is -4.49. The fourth-order valence-corrected chi connectivity index (χ4v) is 20.9. The number of hydrogen-bond donors (Lipinski definition) is 4. The number of rotatable bonds is 11. The Morgan fingerprint density at radius 2 is 0.701 bits per heavy atom. The van der Waals surface area contributed by atoms with E-state index in [4.69, 9.17) is 0 Å². The van der Waals surface area contributed by atoms with E-state index in [1.165, 1.54) is 36.1 Å². The van der Waals surface area contributed by atoms with Crippen molar-refractivity contribution < 1.29 is 64.7 Å². The molecular weight excluding hydrogens is 1710 g/mol. The molecule has 3 atom stereocenters. The maximum absolute atomic E-state index is 13.6. The van der Waals surface area contributed by atoms with Crippen LogP contribution in [-0.2, 0) is 36.9 Å². The largest absolute Gasteiger partial charge is 0.417 e. The number of halogens is 6. The van der Waals surface area contributed by atoms with Crippen molar-refractivity contribution in [3.8, 4) is 0 Å². The normalized spacial score (nSPS) is 21.0. The molecule has 19 rings (SSSR count). The third kappa shape index (κ3) is 19.6. The number of nitrogens with zero attached hydrogens (tertiary/aromatic N) is 10. The number of nitrogens with one attached hydrogen (secondary N) is 4. The number of piperidine rings is 4. The summed E-state index contributed by atoms with van der Waals surface area (Å²) in [5.41, 5.74) is 5.11. The average Bonchev–Trinajstić information content (AvgIpc) is 0.706. The Labute approximate surface area is 777 Å². The molecular formula is C106H114F6N14O8. The molecule has 9 fully saturated rings. The van der Waals surface area contributed by atoms with Crippen LogP contribution in [0.5, 0.6) is 0 Å². The van der Waals surface area contributed by atoms with Crippen LogP contribution < -0.4 is 40.9 Å². The lowest BCUT2D eigenvalue weighted by Crippen LogP contribution is -2.67. The summed E-state index contributed by atoms with van der Waals surface area (Å²) in [6.45, 7) is 18.1. The molecule has 0 bridgehead atoms. The summed E-state index contributed by atoms with van der Waals surface area (Å²) in [4.78, 5) is 127. The molecule has 2 aromatic heterocycles. The van der Waals surface area contributed by atoms with Crippen LogP contribution >= 0.6 is 0 Å². The predicted octanol–water partition coefficient (Wildman–Crippen LogP) is 21.8. The number of pyridine rings is 2. The zero-order valence-corrected chi connectivity index (χ0v) is 76.2. The number of anilines is 7. The Bertz CT molecular complexity index is 5570. The SMILES string of the molecule is CC(C)(C)C1CCC(NC(=O)N2CCC3(CC2)C(=O)N(c2ccccc2)C3c2ccccc2)CC1.CC(C)(C)c1ccc(NC(=O)N2CCC3(CC2)CN(c2ccccc2)C3=O)cc1.O=C(Nc1ccc(C(F)(F)F)cc1)N1CCC2(CC1)C(=O)N(c1ccccn1)C2c1ccccc1.O=C(Nc1ccc(C(F)(F)F)cn1)N1CCC2(CC1)C(=O)N(c1ccccc1)C2c1ccccc1. The summed E-state index contributed by atoms with van der Waals surface area (Å²) in [6, 6.07) is 78.3. The van der Waals surface area contributed by atoms with Gasteiger partial charge in [-0.25, -0.2) is 29.1 Å². The van der Waals surface area contributed by atoms with E-state index in [9.17, 15) is 64.7 Å². The first kappa shape index (κ1) is 93.8. The minimum absolute atomic E-state index is 0.00662. The molecule has 4 N–H and O–H groups in total. The van der Waals surface area contributed by atoms with Gasteiger partial charge in [0.2, 0.25) is 23.6 Å². The maximum atomic E-state index is 13.6. The summed E-state index contributed by atoms with van der Waals surface area (Å²) < 4.78 is 76.5. The first-order chi connectivity index (χ1) is 64.2. The van der Waals surface area contributed by atoms with Crippen LogP contribution in [0.1, 0.15) is 170 Å². The third-order valence-corrected chi connectivity index (χ3v) is 28.7. The van der Waals surface area contributed by atoms with E-state index in [1.54, 1.807) is 27.0 Å². The second-order valence-electron chi connectivity index (χ2n) is 38.7. The van der Waals surface area contributed by atoms with Gasteiger partial charge < -0.3 is 50.2 Å². The van der Waals surface area contributed by atoms with E-state index in [1.807, 2.05) is 219 Å². The molecule has 10 aromatic rings. The van der Waals surface area contributed by atoms with Crippen molar-refractivity contribution in [2.75, 3.05) is 94.5 Å². The zero-order chi connectivity index (χ0) is 94.5. The highest BCUT2D eigenvalue weighted by atomic mass is 19.4. The lowest BCUT2D eigenvalue weighted by atomic mass is 9.62. The number of aromatic nitrogens is 2. The van der Waals surface area contributed by atoms with Crippen molar-refractivity contribution in [3.63, 3.8) is 0 Å². The van der Waals surface area contributed by atoms with Crippen molar-refractivity contribution in [2.24, 2.45) is 33.0 Å². The van der Waals surface area contributed by atoms with Gasteiger partial charge in [0.1, 0.15) is 11.6 Å². The second kappa shape index (κ2) is 38.7. The quantitative estimate of drug-likeness (QED) is 0.0706. The van der Waals surface area contributed by atoms with E-state index >= 15 is 0 Å². The standard InChI is InChI=1S/C30H39N3O2.2C26H23F3N4O2.C24H29N3O2/c1-29(2,3)23-14-16-24(17-15-23)31-28(35)32-20-18-30(19-21-32)26(22-10-6-4-7-11-22)33(27(30)34)25-12-8-5-9-13-25;27-26(28,29)19-11-12-21(30-17-19)31-24(35)32-15-13-25(14-16-32)22(18-7-3-1-4-8-18)33(23(25)34)20-9-5-2-6-10-20;27-26(28,29)19-9-11-20(12-10-19)31-24(35)32-16-13-25(14-17-32)22(18-6-2-1-3-7-18)33(23(25)34)21-8-4-5-15-30-21;1-23(2,3)18-9-11-19(12-10-18)25-22(29)26-15-13-24(14-16-26)17-27(21(24)28)20-7-5-4-6-8-20/h4-13,23-24,26H,14-21H2,1-3H3,(H,31,35);1-12,17,22H,13-16H2,(H,30,31,35);1-12,15,22H,13-14,16-17H2,(H,31,35);4-12H,13-17H2,1-3H3,(H,25,29). The van der Waals surface area contributed by atoms with Crippen molar-refractivity contribution in [2.45, 2.75) is 161 Å². The number of carbonyl (C=O) groups excluding carboxylic acids is 8. The lowest BCUT2D eigenvalue weighted by molar-refractivity contribution is -0.144. The number of para-hydroxylation sites is 3. The van der Waals surface area contributed by atoms with E-state index in [2.05, 4.69) is 97.0 Å². The van der Waals surface area contributed by atoms with E-state index in [-0.39, 0.29) is 82.2 Å². The van der Waals surface area contributed by atoms with Crippen LogP contribution in [0.2, 0.25) is 0 Å². The number of alkyl halides is 6. The molecule has 1 saturated carbocycles. The number of β-lactam (4-membered cyclic amide) rings is 4. The van der Waals surface area contributed by atoms with Crippen molar-refractivity contribution in [1.29, 1.82) is 0 Å². The second-order valence-corrected chi connectivity index (χ2v) is 38.7. The number of urea groups is 4. The number of carbonyl (C=O) groups is 8. The van der Waals surface area contributed by atoms with Gasteiger partial charge in [-0.05, 0) is 213 Å². The Kier molecular flexibility index (Phi) is 27.1. The fraction of sp³-hybridized carbons (Fsp3) is 0.377. The highest BCUT2D eigenvalue weighted by Gasteiger charge is 2.65. The van der Waals surface area contributed by atoms with Gasteiger partial charge in [-0.15, -0.1) is 0 Å². The zero-order valence-electron chi connectivity index (χ0n) is 76.2. The van der Waals surface area contributed by atoms with Gasteiger partial charge >= 0.3 is 36.5 Å². The summed E-state index contributed by atoms with van der Waals surface area (Å²) in [5, 5.41) is 11.5. The first-order valence-electron chi connectivity index (χ1n) is 46.3. The average molecular weight is 1830 g/mol. The van der Waals surface area contributed by atoms with Crippen LogP contribution in [0.25, 0.3) is 0 Å². The van der Waals surface area contributed by atoms with Gasteiger partial charge in [-0.3, -0.25) is 29.4 Å². The van der Waals surface area contributed by atoms with Gasteiger partial charge in [0, 0.05) is 106 Å². The Morgan fingerprint density at radius 1 is 0.351 bits per heavy atom. The molecule has 10 heterocycles. The van der Waals surface area contributed by atoms with Crippen molar-refractivity contribution >= 4 is 87.8 Å². The number of amides is 12. The molecule has 0 radical (unpaired) electrons. The van der Waals surface area contributed by atoms with E-state index in [0.717, 1.165) is 96.3 Å². The van der Waals surface area contributed by atoms with Crippen molar-refractivity contribution in [1.82, 2.24) is 34.9 Å². The summed E-state index contributed by atoms with van der Waals surface area (Å²) in [6.07, 6.45) is 2.72. The summed E-state index contributed by atoms with van der Waals surface area (Å²) in [5.74, 6) is 1.80. The fourth-order valence-electron chi connectivity index (χ4n) is 20.9. The summed E-state index contributed by atoms with van der Waals surface area (Å²) in [7, 11) is 0. The molecule has 3 unspecified atom stereocenters. The first-order valence-corrected chi connectivity index (χ1v) is 46.3. The third-order valence-electron chi connectivity index (χ3n) is 28.7. The van der Waals surface area contributed by atoms with E-state index in [0.29, 0.717) is 108 Å². The highest BCUT2D eigenvalue weighted by molar-refractivity contribution is 6.09. The lowest BCUT2D eigenvalue weighted by Gasteiger charge is -2.59. The molecule has 134 heavy (non-hydrogen) atoms. The molecule has 8 aromatic carbocycles. The number of benzene rings is 8. The van der Waals surface area contributed by atoms with Gasteiger partial charge in [-0.2, -0.15) is 26.3 Å². The topological polar surface area (TPSA) is 236 Å². The smallest absolute Gasteiger partial charge is 0.335 e. The van der Waals surface area contributed by atoms with Crippen LogP contribution in [0.15, 0.2) is 273 Å². The molecule has 9 aliphatic rings. The van der Waals surface area contributed by atoms with Crippen LogP contribution in [0, 0.1) is 33.0 Å². The Morgan fingerprint density at radius 3 is 1.07 bits per heavy atom. The molecule has 8 aliphatic heterocycles. The summed E-state index contributed by atoms with van der Waals surface area (Å²) >= 11 is 0. The van der Waals surface area contributed by atoms with E-state index < -0.39 is 51.8 Å². The molecule has 1 aliphatic carbocycles. The molecule has 4 spiro atoms.